The van der Waals surface area contributed by atoms with E-state index in [9.17, 15) is 8.42 Å². The van der Waals surface area contributed by atoms with Gasteiger partial charge >= 0.3 is 0 Å². The van der Waals surface area contributed by atoms with E-state index in [0.717, 1.165) is 30.7 Å². The molecule has 7 heteroatoms. The van der Waals surface area contributed by atoms with E-state index in [-0.39, 0.29) is 6.10 Å². The fourth-order valence-electron chi connectivity index (χ4n) is 2.08. The summed E-state index contributed by atoms with van der Waals surface area (Å²) in [5.41, 5.74) is 0. The SMILES string of the molecule is CNCc1cc(S(=O)(=O)NCCC2CCCO2)cs1. The largest absolute Gasteiger partial charge is 0.378 e. The average Bonchev–Trinajstić information content (AvgIpc) is 3.00. The molecule has 5 nitrogen and oxygen atoms in total. The zero-order valence-corrected chi connectivity index (χ0v) is 12.6. The quantitative estimate of drug-likeness (QED) is 0.797. The van der Waals surface area contributed by atoms with Crippen LogP contribution in [0.2, 0.25) is 0 Å². The van der Waals surface area contributed by atoms with Crippen molar-refractivity contribution in [2.24, 2.45) is 0 Å². The molecule has 2 heterocycles. The highest BCUT2D eigenvalue weighted by atomic mass is 32.2. The maximum absolute atomic E-state index is 12.1. The van der Waals surface area contributed by atoms with Gasteiger partial charge in [0.25, 0.3) is 0 Å². The first-order chi connectivity index (χ1) is 9.12. The van der Waals surface area contributed by atoms with E-state index >= 15 is 0 Å². The van der Waals surface area contributed by atoms with Crippen LogP contribution >= 0.6 is 11.3 Å². The van der Waals surface area contributed by atoms with Crippen molar-refractivity contribution in [3.63, 3.8) is 0 Å². The summed E-state index contributed by atoms with van der Waals surface area (Å²) < 4.78 is 32.2. The molecule has 0 radical (unpaired) electrons. The summed E-state index contributed by atoms with van der Waals surface area (Å²) in [7, 11) is -1.53. The first-order valence-corrected chi connectivity index (χ1v) is 8.81. The number of ether oxygens (including phenoxy) is 1. The number of thiophene rings is 1. The molecule has 1 saturated heterocycles. The number of hydrogen-bond donors (Lipinski definition) is 2. The average molecular weight is 304 g/mol. The van der Waals surface area contributed by atoms with E-state index in [1.54, 1.807) is 11.4 Å². The van der Waals surface area contributed by atoms with Crippen LogP contribution in [0.1, 0.15) is 24.1 Å². The molecule has 0 aromatic carbocycles. The van der Waals surface area contributed by atoms with Crippen molar-refractivity contribution in [3.05, 3.63) is 16.3 Å². The summed E-state index contributed by atoms with van der Waals surface area (Å²) in [6.45, 7) is 1.93. The van der Waals surface area contributed by atoms with Gasteiger partial charge in [0.05, 0.1) is 11.0 Å². The molecule has 108 valence electrons. The molecule has 1 atom stereocenters. The van der Waals surface area contributed by atoms with Crippen molar-refractivity contribution >= 4 is 21.4 Å². The topological polar surface area (TPSA) is 67.4 Å². The summed E-state index contributed by atoms with van der Waals surface area (Å²) in [6, 6.07) is 1.72. The van der Waals surface area contributed by atoms with Gasteiger partial charge in [-0.1, -0.05) is 0 Å². The minimum atomic E-state index is -3.37. The molecule has 0 saturated carbocycles. The summed E-state index contributed by atoms with van der Waals surface area (Å²) >= 11 is 1.45. The summed E-state index contributed by atoms with van der Waals surface area (Å²) in [4.78, 5) is 1.37. The molecule has 0 spiro atoms. The third-order valence-electron chi connectivity index (χ3n) is 3.07. The van der Waals surface area contributed by atoms with Crippen molar-refractivity contribution in [3.8, 4) is 0 Å². The lowest BCUT2D eigenvalue weighted by Crippen LogP contribution is -2.27. The van der Waals surface area contributed by atoms with Crippen molar-refractivity contribution in [1.82, 2.24) is 10.0 Å². The molecular formula is C12H20N2O3S2. The van der Waals surface area contributed by atoms with E-state index in [0.29, 0.717) is 18.0 Å². The number of sulfonamides is 1. The van der Waals surface area contributed by atoms with E-state index in [1.807, 2.05) is 7.05 Å². The predicted octanol–water partition coefficient (Wildman–Crippen LogP) is 1.31. The Bertz CT molecular complexity index is 493. The zero-order chi connectivity index (χ0) is 13.7. The van der Waals surface area contributed by atoms with Gasteiger partial charge in [-0.25, -0.2) is 13.1 Å². The lowest BCUT2D eigenvalue weighted by Gasteiger charge is -2.09. The third-order valence-corrected chi connectivity index (χ3v) is 5.60. The molecule has 2 N–H and O–H groups in total. The van der Waals surface area contributed by atoms with Gasteiger partial charge < -0.3 is 10.1 Å². The van der Waals surface area contributed by atoms with Crippen LogP contribution in [-0.2, 0) is 21.3 Å². The van der Waals surface area contributed by atoms with Crippen LogP contribution in [0.5, 0.6) is 0 Å². The second-order valence-corrected chi connectivity index (χ2v) is 7.36. The molecular weight excluding hydrogens is 284 g/mol. The van der Waals surface area contributed by atoms with Crippen LogP contribution in [-0.4, -0.2) is 34.7 Å². The summed E-state index contributed by atoms with van der Waals surface area (Å²) in [5.74, 6) is 0. The van der Waals surface area contributed by atoms with Crippen LogP contribution in [0.4, 0.5) is 0 Å². The molecule has 1 aliphatic rings. The molecule has 0 amide bonds. The molecule has 19 heavy (non-hydrogen) atoms. The maximum atomic E-state index is 12.1. The number of rotatable bonds is 7. The molecule has 1 aromatic rings. The van der Waals surface area contributed by atoms with Gasteiger partial charge in [-0.15, -0.1) is 11.3 Å². The lowest BCUT2D eigenvalue weighted by atomic mass is 10.2. The van der Waals surface area contributed by atoms with Crippen molar-refractivity contribution in [2.45, 2.75) is 36.8 Å². The highest BCUT2D eigenvalue weighted by molar-refractivity contribution is 7.89. The van der Waals surface area contributed by atoms with Gasteiger partial charge in [0.2, 0.25) is 10.0 Å². The van der Waals surface area contributed by atoms with Crippen LogP contribution in [0, 0.1) is 0 Å². The first kappa shape index (κ1) is 14.9. The molecule has 0 aliphatic carbocycles. The highest BCUT2D eigenvalue weighted by Gasteiger charge is 2.19. The molecule has 2 rings (SSSR count). The Morgan fingerprint density at radius 2 is 2.37 bits per heavy atom. The van der Waals surface area contributed by atoms with Crippen LogP contribution in [0.15, 0.2) is 16.3 Å². The predicted molar refractivity (Wildman–Crippen MR) is 75.9 cm³/mol. The van der Waals surface area contributed by atoms with Gasteiger partial charge in [-0.05, 0) is 32.4 Å². The number of nitrogens with one attached hydrogen (secondary N) is 2. The first-order valence-electron chi connectivity index (χ1n) is 6.45. The second-order valence-electron chi connectivity index (χ2n) is 4.60. The normalized spacial score (nSPS) is 19.9. The molecule has 1 aromatic heterocycles. The van der Waals surface area contributed by atoms with Crippen molar-refractivity contribution in [1.29, 1.82) is 0 Å². The Morgan fingerprint density at radius 3 is 3.05 bits per heavy atom. The maximum Gasteiger partial charge on any atom is 0.241 e. The van der Waals surface area contributed by atoms with E-state index in [1.165, 1.54) is 11.3 Å². The monoisotopic (exact) mass is 304 g/mol. The fraction of sp³-hybridized carbons (Fsp3) is 0.667. The Hall–Kier alpha value is -0.470. The van der Waals surface area contributed by atoms with Gasteiger partial charge in [0, 0.05) is 30.0 Å². The Labute approximate surface area is 118 Å². The molecule has 1 aliphatic heterocycles. The molecule has 0 bridgehead atoms. The van der Waals surface area contributed by atoms with Gasteiger partial charge in [-0.3, -0.25) is 0 Å². The van der Waals surface area contributed by atoms with Crippen LogP contribution in [0.25, 0.3) is 0 Å². The molecule has 1 unspecified atom stereocenters. The highest BCUT2D eigenvalue weighted by Crippen LogP contribution is 2.19. The summed E-state index contributed by atoms with van der Waals surface area (Å²) in [6.07, 6.45) is 3.07. The third kappa shape index (κ3) is 4.25. The standard InChI is InChI=1S/C12H20N2O3S2/c1-13-8-11-7-12(9-18-11)19(15,16)14-5-4-10-3-2-6-17-10/h7,9-10,13-14H,2-6,8H2,1H3. The fourth-order valence-corrected chi connectivity index (χ4v) is 4.41. The lowest BCUT2D eigenvalue weighted by molar-refractivity contribution is 0.105. The van der Waals surface area contributed by atoms with Crippen molar-refractivity contribution < 1.29 is 13.2 Å². The Kier molecular flexibility index (Phi) is 5.35. The van der Waals surface area contributed by atoms with Crippen LogP contribution < -0.4 is 10.0 Å². The minimum Gasteiger partial charge on any atom is -0.378 e. The van der Waals surface area contributed by atoms with Gasteiger partial charge in [0.1, 0.15) is 0 Å². The van der Waals surface area contributed by atoms with Gasteiger partial charge in [-0.2, -0.15) is 0 Å². The zero-order valence-electron chi connectivity index (χ0n) is 11.0. The van der Waals surface area contributed by atoms with E-state index in [2.05, 4.69) is 10.0 Å². The summed E-state index contributed by atoms with van der Waals surface area (Å²) in [5, 5.41) is 4.69. The second kappa shape index (κ2) is 6.81. The molecule has 1 fully saturated rings. The number of hydrogen-bond acceptors (Lipinski definition) is 5. The van der Waals surface area contributed by atoms with E-state index < -0.39 is 10.0 Å². The smallest absolute Gasteiger partial charge is 0.241 e. The van der Waals surface area contributed by atoms with E-state index in [4.69, 9.17) is 4.74 Å². The Morgan fingerprint density at radius 1 is 1.53 bits per heavy atom. The Balaban J connectivity index is 1.85. The van der Waals surface area contributed by atoms with Gasteiger partial charge in [0.15, 0.2) is 0 Å². The minimum absolute atomic E-state index is 0.213. The van der Waals surface area contributed by atoms with Crippen LogP contribution in [0.3, 0.4) is 0 Å². The van der Waals surface area contributed by atoms with Crippen molar-refractivity contribution in [2.75, 3.05) is 20.2 Å².